The smallest absolute Gasteiger partial charge is 0.326 e. The van der Waals surface area contributed by atoms with Crippen molar-refractivity contribution in [1.82, 2.24) is 20.4 Å². The largest absolute Gasteiger partial charge is 0.355 e. The van der Waals surface area contributed by atoms with Gasteiger partial charge >= 0.3 is 6.03 Å². The molecule has 0 unspecified atom stereocenters. The molecule has 2 aromatic carbocycles. The maximum absolute atomic E-state index is 13.5. The zero-order chi connectivity index (χ0) is 20.9. The lowest BCUT2D eigenvalue weighted by Crippen LogP contribution is -2.47. The van der Waals surface area contributed by atoms with Gasteiger partial charge in [0.1, 0.15) is 0 Å². The van der Waals surface area contributed by atoms with Crippen molar-refractivity contribution >= 4 is 17.8 Å². The van der Waals surface area contributed by atoms with E-state index < -0.39 is 11.6 Å². The SMILES string of the molecule is CCCNC(=O)CN(C)CN1C(=O)NC(c2ccccc2)(c2ccccc2)C1=O. The first-order valence-corrected chi connectivity index (χ1v) is 9.69. The predicted octanol–water partition coefficient (Wildman–Crippen LogP) is 1.90. The molecule has 2 N–H and O–H groups in total. The molecule has 0 atom stereocenters. The number of hydrogen-bond acceptors (Lipinski definition) is 4. The van der Waals surface area contributed by atoms with Gasteiger partial charge in [-0.15, -0.1) is 0 Å². The second kappa shape index (κ2) is 8.87. The lowest BCUT2D eigenvalue weighted by Gasteiger charge is -2.28. The average molecular weight is 394 g/mol. The van der Waals surface area contributed by atoms with Gasteiger partial charge in [0.15, 0.2) is 5.54 Å². The first-order valence-electron chi connectivity index (χ1n) is 9.69. The molecule has 2 aromatic rings. The van der Waals surface area contributed by atoms with Crippen LogP contribution in [0, 0.1) is 0 Å². The fourth-order valence-corrected chi connectivity index (χ4v) is 3.50. The highest BCUT2D eigenvalue weighted by atomic mass is 16.2. The van der Waals surface area contributed by atoms with Crippen LogP contribution in [0.5, 0.6) is 0 Å². The minimum atomic E-state index is -1.29. The summed E-state index contributed by atoms with van der Waals surface area (Å²) in [4.78, 5) is 41.1. The molecule has 152 valence electrons. The zero-order valence-corrected chi connectivity index (χ0v) is 16.7. The van der Waals surface area contributed by atoms with Crippen LogP contribution >= 0.6 is 0 Å². The molecule has 29 heavy (non-hydrogen) atoms. The first kappa shape index (κ1) is 20.5. The summed E-state index contributed by atoms with van der Waals surface area (Å²) in [5.74, 6) is -0.500. The maximum atomic E-state index is 13.5. The monoisotopic (exact) mass is 394 g/mol. The van der Waals surface area contributed by atoms with Gasteiger partial charge in [0.25, 0.3) is 5.91 Å². The van der Waals surface area contributed by atoms with Crippen LogP contribution in [0.2, 0.25) is 0 Å². The van der Waals surface area contributed by atoms with Crippen LogP contribution in [0.15, 0.2) is 60.7 Å². The number of hydrogen-bond donors (Lipinski definition) is 2. The Morgan fingerprint density at radius 1 is 1.03 bits per heavy atom. The molecule has 0 aliphatic carbocycles. The molecule has 1 heterocycles. The van der Waals surface area contributed by atoms with E-state index in [2.05, 4.69) is 10.6 Å². The Hall–Kier alpha value is -3.19. The molecule has 0 saturated carbocycles. The van der Waals surface area contributed by atoms with Crippen molar-refractivity contribution in [1.29, 1.82) is 0 Å². The molecule has 1 aliphatic heterocycles. The van der Waals surface area contributed by atoms with E-state index in [1.807, 2.05) is 67.6 Å². The number of carbonyl (C=O) groups is 3. The number of rotatable bonds is 8. The van der Waals surface area contributed by atoms with Crippen molar-refractivity contribution in [3.63, 3.8) is 0 Å². The molecule has 1 fully saturated rings. The van der Waals surface area contributed by atoms with Crippen molar-refractivity contribution in [2.24, 2.45) is 0 Å². The lowest BCUT2D eigenvalue weighted by atomic mass is 9.83. The third kappa shape index (κ3) is 4.14. The Bertz CT molecular complexity index is 831. The average Bonchev–Trinajstić information content (AvgIpc) is 2.99. The van der Waals surface area contributed by atoms with Crippen LogP contribution in [0.25, 0.3) is 0 Å². The van der Waals surface area contributed by atoms with Crippen LogP contribution in [0.3, 0.4) is 0 Å². The van der Waals surface area contributed by atoms with E-state index in [1.165, 1.54) is 0 Å². The number of nitrogens with zero attached hydrogens (tertiary/aromatic N) is 2. The van der Waals surface area contributed by atoms with E-state index in [0.717, 1.165) is 11.3 Å². The third-order valence-corrected chi connectivity index (χ3v) is 4.89. The number of benzene rings is 2. The highest BCUT2D eigenvalue weighted by Gasteiger charge is 2.53. The first-order chi connectivity index (χ1) is 14.0. The molecule has 4 amide bonds. The Morgan fingerprint density at radius 3 is 2.10 bits per heavy atom. The molecule has 0 aromatic heterocycles. The molecule has 7 nitrogen and oxygen atoms in total. The van der Waals surface area contributed by atoms with E-state index in [1.54, 1.807) is 11.9 Å². The standard InChI is InChI=1S/C22H26N4O3/c1-3-14-23-19(27)15-25(2)16-26-20(28)22(24-21(26)29,17-10-6-4-7-11-17)18-12-8-5-9-13-18/h4-13H,3,14-16H2,1-2H3,(H,23,27)(H,24,29). The molecule has 1 aliphatic rings. The molecule has 0 bridgehead atoms. The summed E-state index contributed by atoms with van der Waals surface area (Å²) < 4.78 is 0. The third-order valence-electron chi connectivity index (χ3n) is 4.89. The minimum Gasteiger partial charge on any atom is -0.355 e. The molecule has 7 heteroatoms. The Balaban J connectivity index is 1.87. The van der Waals surface area contributed by atoms with Gasteiger partial charge in [0.2, 0.25) is 5.91 Å². The molecule has 1 saturated heterocycles. The summed E-state index contributed by atoms with van der Waals surface area (Å²) in [5.41, 5.74) is 0.0936. The van der Waals surface area contributed by atoms with Crippen molar-refractivity contribution in [2.45, 2.75) is 18.9 Å². The minimum absolute atomic E-state index is 0.0195. The van der Waals surface area contributed by atoms with Gasteiger partial charge in [-0.2, -0.15) is 0 Å². The number of carbonyl (C=O) groups excluding carboxylic acids is 3. The normalized spacial score (nSPS) is 15.5. The maximum Gasteiger partial charge on any atom is 0.326 e. The van der Waals surface area contributed by atoms with Crippen LogP contribution in [0.4, 0.5) is 4.79 Å². The highest BCUT2D eigenvalue weighted by Crippen LogP contribution is 2.35. The summed E-state index contributed by atoms with van der Waals surface area (Å²) in [5, 5.41) is 5.70. The van der Waals surface area contributed by atoms with Gasteiger partial charge in [-0.1, -0.05) is 67.6 Å². The summed E-state index contributed by atoms with van der Waals surface area (Å²) >= 11 is 0. The van der Waals surface area contributed by atoms with Crippen molar-refractivity contribution in [2.75, 3.05) is 26.8 Å². The highest BCUT2D eigenvalue weighted by molar-refractivity contribution is 6.09. The second-order valence-electron chi connectivity index (χ2n) is 7.15. The Morgan fingerprint density at radius 2 is 1.59 bits per heavy atom. The summed E-state index contributed by atoms with van der Waals surface area (Å²) in [7, 11) is 1.71. The van der Waals surface area contributed by atoms with Gasteiger partial charge in [-0.05, 0) is 24.6 Å². The van der Waals surface area contributed by atoms with E-state index in [4.69, 9.17) is 0 Å². The number of imide groups is 1. The zero-order valence-electron chi connectivity index (χ0n) is 16.7. The van der Waals surface area contributed by atoms with Crippen LogP contribution < -0.4 is 10.6 Å². The van der Waals surface area contributed by atoms with E-state index in [0.29, 0.717) is 17.7 Å². The summed E-state index contributed by atoms with van der Waals surface area (Å²) in [6.45, 7) is 2.69. The van der Waals surface area contributed by atoms with Gasteiger partial charge in [0, 0.05) is 6.54 Å². The van der Waals surface area contributed by atoms with Gasteiger partial charge < -0.3 is 10.6 Å². The van der Waals surface area contributed by atoms with E-state index in [-0.39, 0.29) is 25.0 Å². The number of likely N-dealkylation sites (N-methyl/N-ethyl adjacent to an activating group) is 1. The van der Waals surface area contributed by atoms with Crippen LogP contribution in [0.1, 0.15) is 24.5 Å². The second-order valence-corrected chi connectivity index (χ2v) is 7.15. The van der Waals surface area contributed by atoms with Gasteiger partial charge in [-0.25, -0.2) is 9.69 Å². The molecule has 0 spiro atoms. The molecular weight excluding hydrogens is 368 g/mol. The predicted molar refractivity (Wildman–Crippen MR) is 110 cm³/mol. The number of amides is 4. The number of nitrogens with one attached hydrogen (secondary N) is 2. The van der Waals surface area contributed by atoms with Crippen molar-refractivity contribution in [3.8, 4) is 0 Å². The fraction of sp³-hybridized carbons (Fsp3) is 0.318. The molecule has 3 rings (SSSR count). The Labute approximate surface area is 170 Å². The topological polar surface area (TPSA) is 81.8 Å². The number of urea groups is 1. The van der Waals surface area contributed by atoms with Crippen LogP contribution in [-0.2, 0) is 15.1 Å². The van der Waals surface area contributed by atoms with E-state index >= 15 is 0 Å². The quantitative estimate of drug-likeness (QED) is 0.670. The fourth-order valence-electron chi connectivity index (χ4n) is 3.50. The molecule has 0 radical (unpaired) electrons. The van der Waals surface area contributed by atoms with Crippen molar-refractivity contribution < 1.29 is 14.4 Å². The van der Waals surface area contributed by atoms with Crippen molar-refractivity contribution in [3.05, 3.63) is 71.8 Å². The van der Waals surface area contributed by atoms with Gasteiger partial charge in [0.05, 0.1) is 13.2 Å². The van der Waals surface area contributed by atoms with Gasteiger partial charge in [-0.3, -0.25) is 14.5 Å². The van der Waals surface area contributed by atoms with E-state index in [9.17, 15) is 14.4 Å². The molecular formula is C22H26N4O3. The van der Waals surface area contributed by atoms with Crippen LogP contribution in [-0.4, -0.2) is 54.5 Å². The summed E-state index contributed by atoms with van der Waals surface area (Å²) in [6, 6.07) is 17.9. The lowest BCUT2D eigenvalue weighted by molar-refractivity contribution is -0.132. The summed E-state index contributed by atoms with van der Waals surface area (Å²) in [6.07, 6.45) is 0.846. The Kier molecular flexibility index (Phi) is 6.29.